The van der Waals surface area contributed by atoms with Crippen molar-refractivity contribution in [1.82, 2.24) is 5.32 Å². The number of nitrogens with one attached hydrogen (secondary N) is 1. The molecule has 122 valence electrons. The first kappa shape index (κ1) is 16.6. The summed E-state index contributed by atoms with van der Waals surface area (Å²) in [5.74, 6) is -1.43. The van der Waals surface area contributed by atoms with Gasteiger partial charge in [0.1, 0.15) is 11.8 Å². The summed E-state index contributed by atoms with van der Waals surface area (Å²) in [5.41, 5.74) is 4.39. The fourth-order valence-corrected chi connectivity index (χ4v) is 1.80. The molecule has 0 saturated carbocycles. The molecule has 0 fully saturated rings. The minimum Gasteiger partial charge on any atom is -0.451 e. The molecule has 3 N–H and O–H groups in total. The van der Waals surface area contributed by atoms with Crippen LogP contribution < -0.4 is 11.1 Å². The summed E-state index contributed by atoms with van der Waals surface area (Å²) in [6.45, 7) is 1.40. The molecule has 23 heavy (non-hydrogen) atoms. The van der Waals surface area contributed by atoms with Gasteiger partial charge in [0.2, 0.25) is 5.91 Å². The van der Waals surface area contributed by atoms with Gasteiger partial charge in [-0.05, 0) is 31.2 Å². The predicted molar refractivity (Wildman–Crippen MR) is 75.3 cm³/mol. The third-order valence-electron chi connectivity index (χ3n) is 3.08. The van der Waals surface area contributed by atoms with Gasteiger partial charge in [-0.15, -0.1) is 0 Å². The van der Waals surface area contributed by atoms with Gasteiger partial charge in [-0.1, -0.05) is 12.1 Å². The molecular weight excluding hydrogens is 313 g/mol. The summed E-state index contributed by atoms with van der Waals surface area (Å²) >= 11 is 0. The topological polar surface area (TPSA) is 85.3 Å². The molecule has 1 heterocycles. The van der Waals surface area contributed by atoms with Crippen molar-refractivity contribution in [2.45, 2.75) is 19.1 Å². The number of hydrogen-bond donors (Lipinski definition) is 2. The summed E-state index contributed by atoms with van der Waals surface area (Å²) < 4.78 is 43.3. The van der Waals surface area contributed by atoms with Crippen LogP contribution in [0.15, 0.2) is 40.8 Å². The van der Waals surface area contributed by atoms with Gasteiger partial charge in [-0.3, -0.25) is 9.59 Å². The lowest BCUT2D eigenvalue weighted by Gasteiger charge is -2.08. The molecule has 5 nitrogen and oxygen atoms in total. The number of halogens is 3. The Labute approximate surface area is 129 Å². The van der Waals surface area contributed by atoms with Gasteiger partial charge in [0.15, 0.2) is 5.76 Å². The van der Waals surface area contributed by atoms with E-state index in [1.54, 1.807) is 0 Å². The number of rotatable bonds is 4. The van der Waals surface area contributed by atoms with Gasteiger partial charge < -0.3 is 15.5 Å². The van der Waals surface area contributed by atoms with Gasteiger partial charge in [-0.25, -0.2) is 0 Å². The molecule has 1 atom stereocenters. The van der Waals surface area contributed by atoms with E-state index < -0.39 is 29.6 Å². The molecule has 0 aliphatic rings. The number of carbonyl (C=O) groups is 2. The minimum atomic E-state index is -4.47. The smallest absolute Gasteiger partial charge is 0.416 e. The van der Waals surface area contributed by atoms with E-state index in [1.165, 1.54) is 31.2 Å². The first-order chi connectivity index (χ1) is 10.7. The molecule has 0 aliphatic carbocycles. The maximum atomic E-state index is 12.7. The van der Waals surface area contributed by atoms with Crippen LogP contribution in [0.5, 0.6) is 0 Å². The van der Waals surface area contributed by atoms with Crippen LogP contribution in [0.2, 0.25) is 0 Å². The van der Waals surface area contributed by atoms with Gasteiger partial charge in [-0.2, -0.15) is 13.2 Å². The van der Waals surface area contributed by atoms with Gasteiger partial charge in [0.05, 0.1) is 5.56 Å². The number of alkyl halides is 3. The van der Waals surface area contributed by atoms with E-state index in [-0.39, 0.29) is 17.1 Å². The quantitative estimate of drug-likeness (QED) is 0.905. The van der Waals surface area contributed by atoms with Crippen LogP contribution in [0.25, 0.3) is 11.3 Å². The number of hydrogen-bond acceptors (Lipinski definition) is 3. The molecule has 8 heteroatoms. The molecule has 1 aromatic carbocycles. The van der Waals surface area contributed by atoms with E-state index in [0.717, 1.165) is 12.1 Å². The first-order valence-corrected chi connectivity index (χ1v) is 6.56. The Balaban J connectivity index is 2.23. The number of carbonyl (C=O) groups excluding carboxylic acids is 2. The monoisotopic (exact) mass is 326 g/mol. The molecule has 0 unspecified atom stereocenters. The maximum Gasteiger partial charge on any atom is 0.416 e. The highest BCUT2D eigenvalue weighted by atomic mass is 19.4. The number of primary amides is 1. The number of amides is 2. The zero-order chi connectivity index (χ0) is 17.2. The third kappa shape index (κ3) is 3.91. The van der Waals surface area contributed by atoms with Crippen molar-refractivity contribution >= 4 is 11.8 Å². The SMILES string of the molecule is C[C@H](NC(=O)c1ccc(-c2cccc(C(F)(F)F)c2)o1)C(N)=O. The minimum absolute atomic E-state index is 0.105. The zero-order valence-corrected chi connectivity index (χ0v) is 12.0. The van der Waals surface area contributed by atoms with Crippen molar-refractivity contribution in [3.05, 3.63) is 47.7 Å². The Kier molecular flexibility index (Phi) is 4.44. The van der Waals surface area contributed by atoms with Crippen LogP contribution in [0.4, 0.5) is 13.2 Å². The Hall–Kier alpha value is -2.77. The Bertz CT molecular complexity index is 738. The van der Waals surface area contributed by atoms with Crippen molar-refractivity contribution < 1.29 is 27.2 Å². The van der Waals surface area contributed by atoms with Gasteiger partial charge in [0, 0.05) is 5.56 Å². The van der Waals surface area contributed by atoms with Gasteiger partial charge >= 0.3 is 6.18 Å². The van der Waals surface area contributed by atoms with Crippen LogP contribution in [0.3, 0.4) is 0 Å². The summed E-state index contributed by atoms with van der Waals surface area (Å²) in [7, 11) is 0. The van der Waals surface area contributed by atoms with Crippen molar-refractivity contribution in [1.29, 1.82) is 0 Å². The Morgan fingerprint density at radius 2 is 1.91 bits per heavy atom. The number of nitrogens with two attached hydrogens (primary N) is 1. The lowest BCUT2D eigenvalue weighted by atomic mass is 10.1. The second-order valence-electron chi connectivity index (χ2n) is 4.84. The summed E-state index contributed by atoms with van der Waals surface area (Å²) in [6.07, 6.45) is -4.47. The van der Waals surface area contributed by atoms with Crippen molar-refractivity contribution in [2.75, 3.05) is 0 Å². The van der Waals surface area contributed by atoms with Crippen LogP contribution in [0, 0.1) is 0 Å². The molecule has 0 saturated heterocycles. The highest BCUT2D eigenvalue weighted by Gasteiger charge is 2.30. The molecular formula is C15H13F3N2O3. The lowest BCUT2D eigenvalue weighted by Crippen LogP contribution is -2.42. The molecule has 0 radical (unpaired) electrons. The fourth-order valence-electron chi connectivity index (χ4n) is 1.80. The molecule has 0 bridgehead atoms. The summed E-state index contributed by atoms with van der Waals surface area (Å²) in [5, 5.41) is 2.31. The van der Waals surface area contributed by atoms with Crippen LogP contribution in [-0.4, -0.2) is 17.9 Å². The van der Waals surface area contributed by atoms with E-state index in [9.17, 15) is 22.8 Å². The summed E-state index contributed by atoms with van der Waals surface area (Å²) in [4.78, 5) is 22.7. The van der Waals surface area contributed by atoms with Crippen molar-refractivity contribution in [2.24, 2.45) is 5.73 Å². The lowest BCUT2D eigenvalue weighted by molar-refractivity contribution is -0.137. The maximum absolute atomic E-state index is 12.7. The second-order valence-corrected chi connectivity index (χ2v) is 4.84. The van der Waals surface area contributed by atoms with Crippen LogP contribution >= 0.6 is 0 Å². The molecule has 0 spiro atoms. The zero-order valence-electron chi connectivity index (χ0n) is 12.0. The number of benzene rings is 1. The average molecular weight is 326 g/mol. The van der Waals surface area contributed by atoms with E-state index >= 15 is 0 Å². The molecule has 2 aromatic rings. The number of furan rings is 1. The molecule has 2 amide bonds. The second kappa shape index (κ2) is 6.15. The molecule has 0 aliphatic heterocycles. The average Bonchev–Trinajstić information content (AvgIpc) is 2.96. The van der Waals surface area contributed by atoms with E-state index in [1.807, 2.05) is 0 Å². The van der Waals surface area contributed by atoms with Crippen LogP contribution in [0.1, 0.15) is 23.0 Å². The van der Waals surface area contributed by atoms with Crippen molar-refractivity contribution in [3.63, 3.8) is 0 Å². The van der Waals surface area contributed by atoms with Gasteiger partial charge in [0.25, 0.3) is 5.91 Å². The fraction of sp³-hybridized carbons (Fsp3) is 0.200. The highest BCUT2D eigenvalue weighted by Crippen LogP contribution is 2.32. The third-order valence-corrected chi connectivity index (χ3v) is 3.08. The largest absolute Gasteiger partial charge is 0.451 e. The summed E-state index contributed by atoms with van der Waals surface area (Å²) in [6, 6.07) is 6.32. The highest BCUT2D eigenvalue weighted by molar-refractivity contribution is 5.95. The normalized spacial score (nSPS) is 12.7. The predicted octanol–water partition coefficient (Wildman–Crippen LogP) is 2.57. The van der Waals surface area contributed by atoms with E-state index in [4.69, 9.17) is 10.2 Å². The van der Waals surface area contributed by atoms with E-state index in [0.29, 0.717) is 0 Å². The van der Waals surface area contributed by atoms with Crippen molar-refractivity contribution in [3.8, 4) is 11.3 Å². The Morgan fingerprint density at radius 3 is 2.52 bits per heavy atom. The van der Waals surface area contributed by atoms with Crippen LogP contribution in [-0.2, 0) is 11.0 Å². The first-order valence-electron chi connectivity index (χ1n) is 6.56. The standard InChI is InChI=1S/C15H13F3N2O3/c1-8(13(19)21)20-14(22)12-6-5-11(23-12)9-3-2-4-10(7-9)15(16,17)18/h2-8H,1H3,(H2,19,21)(H,20,22)/t8-/m0/s1. The molecule has 2 rings (SSSR count). The van der Waals surface area contributed by atoms with E-state index in [2.05, 4.69) is 5.32 Å². The Morgan fingerprint density at radius 1 is 1.22 bits per heavy atom. The molecule has 1 aromatic heterocycles.